The molecule has 1 N–H and O–H groups in total. The summed E-state index contributed by atoms with van der Waals surface area (Å²) >= 11 is 6.16. The smallest absolute Gasteiger partial charge is 0.133 e. The lowest BCUT2D eigenvalue weighted by molar-refractivity contribution is 0.453. The van der Waals surface area contributed by atoms with Gasteiger partial charge in [0.1, 0.15) is 16.8 Å². The van der Waals surface area contributed by atoms with Crippen molar-refractivity contribution in [3.8, 4) is 0 Å². The highest BCUT2D eigenvalue weighted by atomic mass is 35.5. The minimum atomic E-state index is 0.472. The summed E-state index contributed by atoms with van der Waals surface area (Å²) < 4.78 is 0. The summed E-state index contributed by atoms with van der Waals surface area (Å²) in [7, 11) is 2.02. The zero-order valence-corrected chi connectivity index (χ0v) is 14.3. The second kappa shape index (κ2) is 7.23. The maximum Gasteiger partial charge on any atom is 0.133 e. The van der Waals surface area contributed by atoms with Crippen LogP contribution in [0.2, 0.25) is 5.15 Å². The summed E-state index contributed by atoms with van der Waals surface area (Å²) in [4.78, 5) is 15.5. The average Bonchev–Trinajstić information content (AvgIpc) is 2.57. The van der Waals surface area contributed by atoms with Crippen LogP contribution in [0.3, 0.4) is 0 Å². The minimum absolute atomic E-state index is 0.472. The molecule has 1 saturated heterocycles. The standard InChI is InChI=1S/C17H22ClN5/c1-12-21-15(13-5-3-7-19-10-13)9-16(22-12)23(2)11-14-6-4-8-20-17(14)18/h4,6,8-9,13,19H,3,5,7,10-11H2,1-2H3/t13-/m0/s1. The molecule has 0 unspecified atom stereocenters. The molecule has 3 heterocycles. The maximum absolute atomic E-state index is 6.16. The van der Waals surface area contributed by atoms with Crippen LogP contribution in [0.1, 0.15) is 35.8 Å². The average molecular weight is 332 g/mol. The van der Waals surface area contributed by atoms with Crippen LogP contribution < -0.4 is 10.2 Å². The molecule has 3 rings (SSSR count). The van der Waals surface area contributed by atoms with E-state index in [1.54, 1.807) is 6.20 Å². The Kier molecular flexibility index (Phi) is 5.08. The molecule has 2 aromatic heterocycles. The Morgan fingerprint density at radius 3 is 3.00 bits per heavy atom. The van der Waals surface area contributed by atoms with E-state index in [1.165, 1.54) is 12.8 Å². The van der Waals surface area contributed by atoms with Gasteiger partial charge < -0.3 is 10.2 Å². The summed E-state index contributed by atoms with van der Waals surface area (Å²) in [6, 6.07) is 6.00. The lowest BCUT2D eigenvalue weighted by Crippen LogP contribution is -2.29. The van der Waals surface area contributed by atoms with E-state index in [0.717, 1.165) is 36.0 Å². The molecule has 1 aliphatic heterocycles. The molecule has 0 aliphatic carbocycles. The summed E-state index contributed by atoms with van der Waals surface area (Å²) in [6.45, 7) is 4.72. The van der Waals surface area contributed by atoms with Gasteiger partial charge in [0.2, 0.25) is 0 Å². The van der Waals surface area contributed by atoms with Crippen LogP contribution in [0.15, 0.2) is 24.4 Å². The van der Waals surface area contributed by atoms with Crippen molar-refractivity contribution >= 4 is 17.4 Å². The molecule has 1 aliphatic rings. The number of halogens is 1. The predicted octanol–water partition coefficient (Wildman–Crippen LogP) is 2.94. The van der Waals surface area contributed by atoms with Crippen LogP contribution >= 0.6 is 11.6 Å². The van der Waals surface area contributed by atoms with Crippen LogP contribution in [0.4, 0.5) is 5.82 Å². The first kappa shape index (κ1) is 16.1. The fourth-order valence-corrected chi connectivity index (χ4v) is 3.14. The Morgan fingerprint density at radius 2 is 2.26 bits per heavy atom. The molecule has 0 spiro atoms. The lowest BCUT2D eigenvalue weighted by Gasteiger charge is -2.24. The van der Waals surface area contributed by atoms with E-state index in [9.17, 15) is 0 Å². The SMILES string of the molecule is Cc1nc([C@H]2CCCNC2)cc(N(C)Cc2cccnc2Cl)n1. The molecular weight excluding hydrogens is 310 g/mol. The molecular formula is C17H22ClN5. The largest absolute Gasteiger partial charge is 0.355 e. The highest BCUT2D eigenvalue weighted by Gasteiger charge is 2.19. The molecule has 0 radical (unpaired) electrons. The molecule has 6 heteroatoms. The molecule has 1 atom stereocenters. The van der Waals surface area contributed by atoms with E-state index in [-0.39, 0.29) is 0 Å². The van der Waals surface area contributed by atoms with Crippen LogP contribution in [0, 0.1) is 6.92 Å². The summed E-state index contributed by atoms with van der Waals surface area (Å²) in [5.74, 6) is 2.21. The molecule has 2 aromatic rings. The quantitative estimate of drug-likeness (QED) is 0.873. The van der Waals surface area contributed by atoms with Gasteiger partial charge in [0.25, 0.3) is 0 Å². The van der Waals surface area contributed by atoms with Gasteiger partial charge in [-0.25, -0.2) is 15.0 Å². The van der Waals surface area contributed by atoms with E-state index in [0.29, 0.717) is 17.6 Å². The number of piperidine rings is 1. The zero-order chi connectivity index (χ0) is 16.2. The second-order valence-electron chi connectivity index (χ2n) is 6.05. The van der Waals surface area contributed by atoms with E-state index in [2.05, 4.69) is 31.2 Å². The Labute approximate surface area is 142 Å². The Hall–Kier alpha value is -1.72. The van der Waals surface area contributed by atoms with E-state index < -0.39 is 0 Å². The summed E-state index contributed by atoms with van der Waals surface area (Å²) in [5, 5.41) is 3.99. The Morgan fingerprint density at radius 1 is 1.39 bits per heavy atom. The zero-order valence-electron chi connectivity index (χ0n) is 13.6. The monoisotopic (exact) mass is 331 g/mol. The number of aromatic nitrogens is 3. The van der Waals surface area contributed by atoms with Gasteiger partial charge >= 0.3 is 0 Å². The van der Waals surface area contributed by atoms with Gasteiger partial charge in [-0.3, -0.25) is 0 Å². The molecule has 23 heavy (non-hydrogen) atoms. The van der Waals surface area contributed by atoms with Gasteiger partial charge in [0.05, 0.1) is 5.69 Å². The second-order valence-corrected chi connectivity index (χ2v) is 6.41. The predicted molar refractivity (Wildman–Crippen MR) is 93.0 cm³/mol. The minimum Gasteiger partial charge on any atom is -0.355 e. The van der Waals surface area contributed by atoms with Crippen LogP contribution in [0.5, 0.6) is 0 Å². The van der Waals surface area contributed by atoms with Crippen molar-refractivity contribution in [3.05, 3.63) is 46.6 Å². The van der Waals surface area contributed by atoms with Crippen molar-refractivity contribution < 1.29 is 0 Å². The number of nitrogens with zero attached hydrogens (tertiary/aromatic N) is 4. The molecule has 5 nitrogen and oxygen atoms in total. The normalized spacial score (nSPS) is 18.0. The van der Waals surface area contributed by atoms with Crippen LogP contribution in [0.25, 0.3) is 0 Å². The number of anilines is 1. The van der Waals surface area contributed by atoms with Crippen molar-refractivity contribution in [3.63, 3.8) is 0 Å². The lowest BCUT2D eigenvalue weighted by atomic mass is 9.96. The Bertz CT molecular complexity index is 670. The van der Waals surface area contributed by atoms with Gasteiger partial charge in [-0.15, -0.1) is 0 Å². The Balaban J connectivity index is 1.81. The van der Waals surface area contributed by atoms with Gasteiger partial charge in [0.15, 0.2) is 0 Å². The third-order valence-corrected chi connectivity index (χ3v) is 4.53. The highest BCUT2D eigenvalue weighted by molar-refractivity contribution is 6.30. The van der Waals surface area contributed by atoms with Crippen molar-refractivity contribution in [2.45, 2.75) is 32.2 Å². The van der Waals surface area contributed by atoms with E-state index in [1.807, 2.05) is 26.1 Å². The van der Waals surface area contributed by atoms with Crippen molar-refractivity contribution in [1.82, 2.24) is 20.3 Å². The molecule has 1 fully saturated rings. The molecule has 0 aromatic carbocycles. The summed E-state index contributed by atoms with van der Waals surface area (Å²) in [6.07, 6.45) is 4.08. The van der Waals surface area contributed by atoms with Crippen molar-refractivity contribution in [1.29, 1.82) is 0 Å². The first-order valence-corrected chi connectivity index (χ1v) is 8.38. The number of rotatable bonds is 4. The number of hydrogen-bond acceptors (Lipinski definition) is 5. The number of aryl methyl sites for hydroxylation is 1. The van der Waals surface area contributed by atoms with E-state index in [4.69, 9.17) is 11.6 Å². The molecule has 0 bridgehead atoms. The highest BCUT2D eigenvalue weighted by Crippen LogP contribution is 2.25. The van der Waals surface area contributed by atoms with Gasteiger partial charge in [-0.1, -0.05) is 17.7 Å². The van der Waals surface area contributed by atoms with E-state index >= 15 is 0 Å². The fourth-order valence-electron chi connectivity index (χ4n) is 2.96. The number of pyridine rings is 1. The third-order valence-electron chi connectivity index (χ3n) is 4.19. The number of hydrogen-bond donors (Lipinski definition) is 1. The van der Waals surface area contributed by atoms with Crippen LogP contribution in [-0.2, 0) is 6.54 Å². The number of nitrogens with one attached hydrogen (secondary N) is 1. The van der Waals surface area contributed by atoms with Crippen LogP contribution in [-0.4, -0.2) is 35.1 Å². The van der Waals surface area contributed by atoms with Gasteiger partial charge in [-0.05, 0) is 32.4 Å². The molecule has 122 valence electrons. The molecule has 0 saturated carbocycles. The van der Waals surface area contributed by atoms with Crippen molar-refractivity contribution in [2.75, 3.05) is 25.0 Å². The first-order chi connectivity index (χ1) is 11.1. The topological polar surface area (TPSA) is 53.9 Å². The summed E-state index contributed by atoms with van der Waals surface area (Å²) in [5.41, 5.74) is 2.12. The van der Waals surface area contributed by atoms with Crippen molar-refractivity contribution in [2.24, 2.45) is 0 Å². The third kappa shape index (κ3) is 3.98. The maximum atomic E-state index is 6.16. The van der Waals surface area contributed by atoms with Gasteiger partial charge in [-0.2, -0.15) is 0 Å². The van der Waals surface area contributed by atoms with Gasteiger partial charge in [0, 0.05) is 43.9 Å². The first-order valence-electron chi connectivity index (χ1n) is 8.00. The fraction of sp³-hybridized carbons (Fsp3) is 0.471. The molecule has 0 amide bonds.